The van der Waals surface area contributed by atoms with Crippen LogP contribution in [-0.4, -0.2) is 53.2 Å². The van der Waals surface area contributed by atoms with Gasteiger partial charge in [0.25, 0.3) is 0 Å². The van der Waals surface area contributed by atoms with Crippen molar-refractivity contribution in [3.8, 4) is 11.4 Å². The third-order valence-electron chi connectivity index (χ3n) is 5.60. The van der Waals surface area contributed by atoms with Crippen LogP contribution in [0.15, 0.2) is 82.8 Å². The maximum Gasteiger partial charge on any atom is 0.242 e. The molecule has 11 heteroatoms. The lowest BCUT2D eigenvalue weighted by molar-refractivity contribution is -0.113. The van der Waals surface area contributed by atoms with E-state index in [1.807, 2.05) is 54.0 Å². The van der Waals surface area contributed by atoms with Crippen molar-refractivity contribution < 1.29 is 13.2 Å². The Balaban J connectivity index is 1.54. The molecule has 4 aromatic rings. The second-order valence-corrected chi connectivity index (χ2v) is 12.0. The van der Waals surface area contributed by atoms with E-state index in [4.69, 9.17) is 11.6 Å². The van der Waals surface area contributed by atoms with Crippen LogP contribution in [0, 0.1) is 6.92 Å². The van der Waals surface area contributed by atoms with E-state index in [1.54, 1.807) is 18.2 Å². The van der Waals surface area contributed by atoms with Crippen molar-refractivity contribution in [3.63, 3.8) is 0 Å². The molecule has 8 nitrogen and oxygen atoms in total. The standard InChI is InChI=1S/C26H26ClN5O3S2/c1-18-9-14-22(37(34,35)31(2)3)15-23(18)28-24(33)17-36-26-30-29-25(20-10-12-21(27)13-11-20)32(26)16-19-7-5-4-6-8-19/h4-15H,16-17H2,1-3H3,(H,28,33). The number of benzene rings is 3. The van der Waals surface area contributed by atoms with Crippen molar-refractivity contribution in [1.82, 2.24) is 19.1 Å². The number of halogens is 1. The van der Waals surface area contributed by atoms with Gasteiger partial charge >= 0.3 is 0 Å². The molecule has 192 valence electrons. The van der Waals surface area contributed by atoms with Gasteiger partial charge in [-0.3, -0.25) is 9.36 Å². The molecule has 0 radical (unpaired) electrons. The van der Waals surface area contributed by atoms with Crippen LogP contribution in [0.3, 0.4) is 0 Å². The molecule has 1 amide bonds. The van der Waals surface area contributed by atoms with Crippen molar-refractivity contribution >= 4 is 45.0 Å². The van der Waals surface area contributed by atoms with Gasteiger partial charge in [0.15, 0.2) is 11.0 Å². The van der Waals surface area contributed by atoms with Crippen LogP contribution in [0.2, 0.25) is 5.02 Å². The molecule has 4 rings (SSSR count). The zero-order valence-corrected chi connectivity index (χ0v) is 22.9. The maximum atomic E-state index is 12.9. The maximum absolute atomic E-state index is 12.9. The van der Waals surface area contributed by atoms with Crippen LogP contribution in [0.1, 0.15) is 11.1 Å². The summed E-state index contributed by atoms with van der Waals surface area (Å²) in [5.74, 6) is 0.452. The zero-order valence-electron chi connectivity index (χ0n) is 20.6. The van der Waals surface area contributed by atoms with Gasteiger partial charge in [-0.1, -0.05) is 59.8 Å². The Morgan fingerprint density at radius 3 is 2.41 bits per heavy atom. The molecule has 0 spiro atoms. The average Bonchev–Trinajstić information content (AvgIpc) is 3.27. The van der Waals surface area contributed by atoms with E-state index < -0.39 is 10.0 Å². The normalized spacial score (nSPS) is 11.6. The summed E-state index contributed by atoms with van der Waals surface area (Å²) in [6.07, 6.45) is 0. The molecule has 0 aliphatic rings. The first-order valence-electron chi connectivity index (χ1n) is 11.3. The van der Waals surface area contributed by atoms with Crippen LogP contribution in [-0.2, 0) is 21.4 Å². The molecular weight excluding hydrogens is 530 g/mol. The SMILES string of the molecule is Cc1ccc(S(=O)(=O)N(C)C)cc1NC(=O)CSc1nnc(-c2ccc(Cl)cc2)n1Cc1ccccc1. The van der Waals surface area contributed by atoms with E-state index in [1.165, 1.54) is 38.0 Å². The summed E-state index contributed by atoms with van der Waals surface area (Å²) in [5, 5.41) is 12.8. The van der Waals surface area contributed by atoms with E-state index in [0.717, 1.165) is 21.0 Å². The van der Waals surface area contributed by atoms with E-state index >= 15 is 0 Å². The lowest BCUT2D eigenvalue weighted by Crippen LogP contribution is -2.22. The Hall–Kier alpha value is -3.18. The van der Waals surface area contributed by atoms with Crippen molar-refractivity contribution in [3.05, 3.63) is 88.9 Å². The lowest BCUT2D eigenvalue weighted by Gasteiger charge is -2.14. The number of nitrogens with one attached hydrogen (secondary N) is 1. The van der Waals surface area contributed by atoms with Crippen molar-refractivity contribution in [2.45, 2.75) is 23.5 Å². The predicted octanol–water partition coefficient (Wildman–Crippen LogP) is 4.94. The Labute approximate surface area is 225 Å². The van der Waals surface area contributed by atoms with Gasteiger partial charge in [-0.2, -0.15) is 0 Å². The molecule has 0 atom stereocenters. The molecular formula is C26H26ClN5O3S2. The van der Waals surface area contributed by atoms with Gasteiger partial charge < -0.3 is 5.32 Å². The number of hydrogen-bond donors (Lipinski definition) is 1. The molecule has 1 N–H and O–H groups in total. The number of rotatable bonds is 9. The summed E-state index contributed by atoms with van der Waals surface area (Å²) in [6.45, 7) is 2.34. The summed E-state index contributed by atoms with van der Waals surface area (Å²) in [7, 11) is -0.690. The molecule has 1 heterocycles. The van der Waals surface area contributed by atoms with Crippen LogP contribution < -0.4 is 5.32 Å². The van der Waals surface area contributed by atoms with Gasteiger partial charge in [-0.15, -0.1) is 10.2 Å². The number of thioether (sulfide) groups is 1. The van der Waals surface area contributed by atoms with E-state index in [2.05, 4.69) is 15.5 Å². The summed E-state index contributed by atoms with van der Waals surface area (Å²) in [4.78, 5) is 13.0. The third kappa shape index (κ3) is 6.40. The lowest BCUT2D eigenvalue weighted by atomic mass is 10.2. The number of hydrogen-bond acceptors (Lipinski definition) is 6. The summed E-state index contributed by atoms with van der Waals surface area (Å²) >= 11 is 7.32. The molecule has 0 aliphatic heterocycles. The molecule has 3 aromatic carbocycles. The monoisotopic (exact) mass is 555 g/mol. The summed E-state index contributed by atoms with van der Waals surface area (Å²) < 4.78 is 28.1. The smallest absolute Gasteiger partial charge is 0.242 e. The molecule has 1 aromatic heterocycles. The van der Waals surface area contributed by atoms with Gasteiger partial charge in [-0.05, 0) is 54.4 Å². The number of carbonyl (C=O) groups is 1. The number of sulfonamides is 1. The minimum absolute atomic E-state index is 0.0671. The largest absolute Gasteiger partial charge is 0.325 e. The Morgan fingerprint density at radius 2 is 1.73 bits per heavy atom. The summed E-state index contributed by atoms with van der Waals surface area (Å²) in [6, 6.07) is 22.0. The van der Waals surface area contributed by atoms with Gasteiger partial charge in [0.1, 0.15) is 0 Å². The Morgan fingerprint density at radius 1 is 1.03 bits per heavy atom. The first kappa shape index (κ1) is 26.9. The molecule has 0 saturated carbocycles. The van der Waals surface area contributed by atoms with E-state index in [-0.39, 0.29) is 16.6 Å². The highest BCUT2D eigenvalue weighted by atomic mass is 35.5. The zero-order chi connectivity index (χ0) is 26.6. The number of aryl methyl sites for hydroxylation is 1. The molecule has 0 bridgehead atoms. The van der Waals surface area contributed by atoms with Crippen LogP contribution in [0.4, 0.5) is 5.69 Å². The van der Waals surface area contributed by atoms with Crippen LogP contribution in [0.5, 0.6) is 0 Å². The number of aromatic nitrogens is 3. The molecule has 0 saturated heterocycles. The van der Waals surface area contributed by atoms with Crippen molar-refractivity contribution in [2.75, 3.05) is 25.2 Å². The predicted molar refractivity (Wildman–Crippen MR) is 147 cm³/mol. The topological polar surface area (TPSA) is 97.2 Å². The first-order chi connectivity index (χ1) is 17.6. The number of nitrogens with zero attached hydrogens (tertiary/aromatic N) is 4. The number of amides is 1. The van der Waals surface area contributed by atoms with E-state index in [0.29, 0.717) is 28.2 Å². The second kappa shape index (κ2) is 11.5. The van der Waals surface area contributed by atoms with Gasteiger partial charge in [0.2, 0.25) is 15.9 Å². The Kier molecular flexibility index (Phi) is 8.33. The molecule has 0 fully saturated rings. The fourth-order valence-corrected chi connectivity index (χ4v) is 5.33. The Bertz CT molecular complexity index is 1510. The highest BCUT2D eigenvalue weighted by Gasteiger charge is 2.20. The first-order valence-corrected chi connectivity index (χ1v) is 14.1. The third-order valence-corrected chi connectivity index (χ3v) is 8.63. The van der Waals surface area contributed by atoms with Gasteiger partial charge in [0, 0.05) is 30.4 Å². The molecule has 0 aliphatic carbocycles. The minimum Gasteiger partial charge on any atom is -0.325 e. The highest BCUT2D eigenvalue weighted by Crippen LogP contribution is 2.27. The minimum atomic E-state index is -3.62. The van der Waals surface area contributed by atoms with Crippen LogP contribution in [0.25, 0.3) is 11.4 Å². The van der Waals surface area contributed by atoms with Crippen molar-refractivity contribution in [2.24, 2.45) is 0 Å². The molecule has 37 heavy (non-hydrogen) atoms. The summed E-state index contributed by atoms with van der Waals surface area (Å²) in [5.41, 5.74) is 3.13. The average molecular weight is 556 g/mol. The highest BCUT2D eigenvalue weighted by molar-refractivity contribution is 7.99. The van der Waals surface area contributed by atoms with Crippen molar-refractivity contribution in [1.29, 1.82) is 0 Å². The quantitative estimate of drug-likeness (QED) is 0.294. The fourth-order valence-electron chi connectivity index (χ4n) is 3.54. The van der Waals surface area contributed by atoms with E-state index in [9.17, 15) is 13.2 Å². The number of anilines is 1. The van der Waals surface area contributed by atoms with Gasteiger partial charge in [-0.25, -0.2) is 12.7 Å². The number of carbonyl (C=O) groups excluding carboxylic acids is 1. The van der Waals surface area contributed by atoms with Gasteiger partial charge in [0.05, 0.1) is 17.2 Å². The van der Waals surface area contributed by atoms with Crippen LogP contribution >= 0.6 is 23.4 Å². The second-order valence-electron chi connectivity index (χ2n) is 8.49. The fraction of sp³-hybridized carbons (Fsp3) is 0.192. The molecule has 0 unspecified atom stereocenters.